The average molecular weight is 216 g/mol. The summed E-state index contributed by atoms with van der Waals surface area (Å²) in [5.41, 5.74) is -1.03. The van der Waals surface area contributed by atoms with Crippen molar-refractivity contribution in [3.05, 3.63) is 47.8 Å². The lowest BCUT2D eigenvalue weighted by atomic mass is 10.2. The van der Waals surface area contributed by atoms with Crippen molar-refractivity contribution in [2.24, 2.45) is 0 Å². The quantitative estimate of drug-likeness (QED) is 0.440. The number of hydrogen-bond acceptors (Lipinski definition) is 2. The first-order valence-corrected chi connectivity index (χ1v) is 3.99. The molecule has 0 unspecified atom stereocenters. The molecule has 0 radical (unpaired) electrons. The molecule has 0 bridgehead atoms. The van der Waals surface area contributed by atoms with E-state index in [4.69, 9.17) is 0 Å². The van der Waals surface area contributed by atoms with Crippen molar-refractivity contribution in [2.45, 2.75) is 0 Å². The first-order valence-electron chi connectivity index (χ1n) is 3.99. The van der Waals surface area contributed by atoms with Gasteiger partial charge in [0.2, 0.25) is 0 Å². The molecule has 0 aliphatic heterocycles. The fraction of sp³-hybridized carbons (Fsp3) is 0.100. The van der Waals surface area contributed by atoms with Crippen LogP contribution in [0.2, 0.25) is 0 Å². The van der Waals surface area contributed by atoms with E-state index in [0.717, 1.165) is 0 Å². The molecule has 0 N–H and O–H groups in total. The summed E-state index contributed by atoms with van der Waals surface area (Å²) in [7, 11) is 0. The van der Waals surface area contributed by atoms with E-state index in [2.05, 4.69) is 11.3 Å². The summed E-state index contributed by atoms with van der Waals surface area (Å²) in [5.74, 6) is -5.28. The van der Waals surface area contributed by atoms with Gasteiger partial charge >= 0.3 is 5.97 Å². The third-order valence-electron chi connectivity index (χ3n) is 1.58. The number of esters is 1. The Morgan fingerprint density at radius 1 is 1.33 bits per heavy atom. The van der Waals surface area contributed by atoms with Crippen LogP contribution >= 0.6 is 0 Å². The standard InChI is InChI=1S/C10H7F3O2/c1-2-5-15-10(14)8-6(11)3-4-7(12)9(8)13/h2-4H,1,5H2. The maximum absolute atomic E-state index is 13.0. The number of halogens is 3. The topological polar surface area (TPSA) is 26.3 Å². The number of rotatable bonds is 3. The molecule has 1 aromatic carbocycles. The van der Waals surface area contributed by atoms with Crippen molar-refractivity contribution in [3.8, 4) is 0 Å². The van der Waals surface area contributed by atoms with Gasteiger partial charge < -0.3 is 4.74 Å². The molecule has 1 rings (SSSR count). The summed E-state index contributed by atoms with van der Waals surface area (Å²) >= 11 is 0. The van der Waals surface area contributed by atoms with Crippen molar-refractivity contribution in [2.75, 3.05) is 6.61 Å². The van der Waals surface area contributed by atoms with Crippen molar-refractivity contribution in [1.82, 2.24) is 0 Å². The molecule has 0 saturated heterocycles. The minimum atomic E-state index is -1.55. The zero-order valence-electron chi connectivity index (χ0n) is 7.60. The smallest absolute Gasteiger partial charge is 0.344 e. The summed E-state index contributed by atoms with van der Waals surface area (Å²) in [6.07, 6.45) is 1.23. The summed E-state index contributed by atoms with van der Waals surface area (Å²) in [6.45, 7) is 3.05. The highest BCUT2D eigenvalue weighted by atomic mass is 19.2. The fourth-order valence-electron chi connectivity index (χ4n) is 0.921. The molecule has 0 heterocycles. The van der Waals surface area contributed by atoms with Crippen molar-refractivity contribution < 1.29 is 22.7 Å². The molecular formula is C10H7F3O2. The predicted octanol–water partition coefficient (Wildman–Crippen LogP) is 2.45. The lowest BCUT2D eigenvalue weighted by Crippen LogP contribution is -2.11. The van der Waals surface area contributed by atoms with Gasteiger partial charge in [0, 0.05) is 0 Å². The van der Waals surface area contributed by atoms with Crippen LogP contribution in [0.5, 0.6) is 0 Å². The normalized spacial score (nSPS) is 9.80. The Hall–Kier alpha value is -1.78. The Labute approximate surface area is 84.0 Å². The monoisotopic (exact) mass is 216 g/mol. The van der Waals surface area contributed by atoms with Crippen LogP contribution in [0.4, 0.5) is 13.2 Å². The largest absolute Gasteiger partial charge is 0.458 e. The van der Waals surface area contributed by atoms with Crippen molar-refractivity contribution in [3.63, 3.8) is 0 Å². The van der Waals surface area contributed by atoms with Gasteiger partial charge in [0.15, 0.2) is 11.6 Å². The van der Waals surface area contributed by atoms with E-state index in [-0.39, 0.29) is 6.61 Å². The average Bonchev–Trinajstić information content (AvgIpc) is 2.21. The van der Waals surface area contributed by atoms with Gasteiger partial charge in [-0.25, -0.2) is 18.0 Å². The minimum Gasteiger partial charge on any atom is -0.458 e. The second kappa shape index (κ2) is 4.63. The van der Waals surface area contributed by atoms with Gasteiger partial charge in [-0.2, -0.15) is 0 Å². The third kappa shape index (κ3) is 2.37. The second-order valence-corrected chi connectivity index (χ2v) is 2.61. The molecule has 15 heavy (non-hydrogen) atoms. The Balaban J connectivity index is 3.07. The molecule has 0 fully saturated rings. The van der Waals surface area contributed by atoms with Gasteiger partial charge in [0.1, 0.15) is 18.0 Å². The van der Waals surface area contributed by atoms with E-state index >= 15 is 0 Å². The zero-order valence-corrected chi connectivity index (χ0v) is 7.60. The molecule has 2 nitrogen and oxygen atoms in total. The summed E-state index contributed by atoms with van der Waals surface area (Å²) in [5, 5.41) is 0. The second-order valence-electron chi connectivity index (χ2n) is 2.61. The SMILES string of the molecule is C=CCOC(=O)c1c(F)ccc(F)c1F. The fourth-order valence-corrected chi connectivity index (χ4v) is 0.921. The maximum Gasteiger partial charge on any atom is 0.344 e. The first kappa shape index (κ1) is 11.3. The molecule has 0 spiro atoms. The van der Waals surface area contributed by atoms with Crippen LogP contribution in [0.15, 0.2) is 24.8 Å². The van der Waals surface area contributed by atoms with E-state index in [1.807, 2.05) is 0 Å². The molecule has 0 saturated carbocycles. The number of carbonyl (C=O) groups excluding carboxylic acids is 1. The molecule has 5 heteroatoms. The maximum atomic E-state index is 13.0. The lowest BCUT2D eigenvalue weighted by Gasteiger charge is -2.04. The van der Waals surface area contributed by atoms with E-state index < -0.39 is 29.0 Å². The zero-order chi connectivity index (χ0) is 11.4. The van der Waals surface area contributed by atoms with Crippen LogP contribution in [0.25, 0.3) is 0 Å². The van der Waals surface area contributed by atoms with Gasteiger partial charge in [-0.05, 0) is 12.1 Å². The summed E-state index contributed by atoms with van der Waals surface area (Å²) in [4.78, 5) is 11.1. The molecular weight excluding hydrogens is 209 g/mol. The molecule has 0 aliphatic carbocycles. The van der Waals surface area contributed by atoms with E-state index in [1.54, 1.807) is 0 Å². The minimum absolute atomic E-state index is 0.200. The molecule has 80 valence electrons. The molecule has 0 aliphatic rings. The number of benzene rings is 1. The highest BCUT2D eigenvalue weighted by Gasteiger charge is 2.21. The van der Waals surface area contributed by atoms with Gasteiger partial charge in [-0.3, -0.25) is 0 Å². The summed E-state index contributed by atoms with van der Waals surface area (Å²) in [6, 6.07) is 1.25. The molecule has 0 atom stereocenters. The number of carbonyl (C=O) groups is 1. The highest BCUT2D eigenvalue weighted by Crippen LogP contribution is 2.16. The Morgan fingerprint density at radius 2 is 1.93 bits per heavy atom. The van der Waals surface area contributed by atoms with E-state index in [9.17, 15) is 18.0 Å². The Morgan fingerprint density at radius 3 is 2.53 bits per heavy atom. The summed E-state index contributed by atoms with van der Waals surface area (Å²) < 4.78 is 43.0. The lowest BCUT2D eigenvalue weighted by molar-refractivity contribution is 0.0537. The molecule has 0 amide bonds. The van der Waals surface area contributed by atoms with Crippen LogP contribution in [0.1, 0.15) is 10.4 Å². The number of ether oxygens (including phenoxy) is 1. The first-order chi connectivity index (χ1) is 7.07. The van der Waals surface area contributed by atoms with Crippen LogP contribution in [-0.4, -0.2) is 12.6 Å². The van der Waals surface area contributed by atoms with Gasteiger partial charge in [-0.1, -0.05) is 12.7 Å². The highest BCUT2D eigenvalue weighted by molar-refractivity contribution is 5.90. The van der Waals surface area contributed by atoms with Crippen LogP contribution in [0, 0.1) is 17.5 Å². The van der Waals surface area contributed by atoms with Crippen LogP contribution < -0.4 is 0 Å². The van der Waals surface area contributed by atoms with E-state index in [0.29, 0.717) is 12.1 Å². The number of hydrogen-bond donors (Lipinski definition) is 0. The third-order valence-corrected chi connectivity index (χ3v) is 1.58. The molecule has 1 aromatic rings. The van der Waals surface area contributed by atoms with Crippen LogP contribution in [-0.2, 0) is 4.74 Å². The molecule has 0 aromatic heterocycles. The van der Waals surface area contributed by atoms with Gasteiger partial charge in [0.25, 0.3) is 0 Å². The van der Waals surface area contributed by atoms with Crippen molar-refractivity contribution >= 4 is 5.97 Å². The predicted molar refractivity (Wildman–Crippen MR) is 46.8 cm³/mol. The van der Waals surface area contributed by atoms with Crippen LogP contribution in [0.3, 0.4) is 0 Å². The Kier molecular flexibility index (Phi) is 3.49. The Bertz CT molecular complexity index is 402. The van der Waals surface area contributed by atoms with Gasteiger partial charge in [-0.15, -0.1) is 0 Å². The van der Waals surface area contributed by atoms with E-state index in [1.165, 1.54) is 6.08 Å². The van der Waals surface area contributed by atoms with Gasteiger partial charge in [0.05, 0.1) is 0 Å². The van der Waals surface area contributed by atoms with Crippen molar-refractivity contribution in [1.29, 1.82) is 0 Å².